The Bertz CT molecular complexity index is 487. The molecule has 0 aliphatic rings. The monoisotopic (exact) mass is 264 g/mol. The van der Waals surface area contributed by atoms with Gasteiger partial charge in [-0.2, -0.15) is 0 Å². The molecule has 0 unspecified atom stereocenters. The van der Waals surface area contributed by atoms with Crippen LogP contribution in [0.1, 0.15) is 54.5 Å². The molecule has 0 atom stereocenters. The summed E-state index contributed by atoms with van der Waals surface area (Å²) in [4.78, 5) is 2.98. The lowest BCUT2D eigenvalue weighted by atomic mass is 9.82. The van der Waals surface area contributed by atoms with Gasteiger partial charge in [-0.3, -0.25) is 0 Å². The molecule has 92 valence electrons. The van der Waals surface area contributed by atoms with Crippen LogP contribution >= 0.6 is 22.7 Å². The van der Waals surface area contributed by atoms with E-state index < -0.39 is 0 Å². The van der Waals surface area contributed by atoms with E-state index in [9.17, 15) is 0 Å². The smallest absolute Gasteiger partial charge is 0.0251 e. The average molecular weight is 264 g/mol. The van der Waals surface area contributed by atoms with E-state index in [1.165, 1.54) is 20.9 Å². The van der Waals surface area contributed by atoms with Crippen LogP contribution in [0.2, 0.25) is 0 Å². The fraction of sp³-hybridized carbons (Fsp3) is 0.467. The van der Waals surface area contributed by atoms with Crippen LogP contribution in [-0.4, -0.2) is 0 Å². The highest BCUT2D eigenvalue weighted by atomic mass is 32.1. The molecule has 2 aromatic rings. The van der Waals surface area contributed by atoms with Crippen molar-refractivity contribution < 1.29 is 0 Å². The van der Waals surface area contributed by atoms with E-state index in [0.29, 0.717) is 5.92 Å². The van der Waals surface area contributed by atoms with Gasteiger partial charge in [0.05, 0.1) is 0 Å². The molecule has 0 aromatic carbocycles. The second kappa shape index (κ2) is 4.58. The van der Waals surface area contributed by atoms with Gasteiger partial charge in [0, 0.05) is 15.2 Å². The molecule has 0 radical (unpaired) electrons. The Kier molecular flexibility index (Phi) is 3.46. The maximum absolute atomic E-state index is 2.35. The minimum absolute atomic E-state index is 0.141. The molecule has 0 spiro atoms. The molecule has 0 bridgehead atoms. The Morgan fingerprint density at radius 3 is 2.35 bits per heavy atom. The van der Waals surface area contributed by atoms with Crippen LogP contribution < -0.4 is 0 Å². The summed E-state index contributed by atoms with van der Waals surface area (Å²) < 4.78 is 0. The van der Waals surface area contributed by atoms with Crippen molar-refractivity contribution in [2.24, 2.45) is 0 Å². The van der Waals surface area contributed by atoms with Crippen LogP contribution in [0.5, 0.6) is 0 Å². The van der Waals surface area contributed by atoms with Crippen molar-refractivity contribution in [3.05, 3.63) is 43.8 Å². The molecule has 0 aliphatic carbocycles. The zero-order chi connectivity index (χ0) is 12.6. The van der Waals surface area contributed by atoms with Gasteiger partial charge < -0.3 is 0 Å². The maximum atomic E-state index is 2.35. The van der Waals surface area contributed by atoms with Gasteiger partial charge >= 0.3 is 0 Å². The van der Waals surface area contributed by atoms with Crippen molar-refractivity contribution in [3.8, 4) is 0 Å². The van der Waals surface area contributed by atoms with Crippen LogP contribution in [0.4, 0.5) is 0 Å². The molecular weight excluding hydrogens is 244 g/mol. The van der Waals surface area contributed by atoms with E-state index >= 15 is 0 Å². The number of hydrogen-bond donors (Lipinski definition) is 0. The molecule has 2 rings (SSSR count). The van der Waals surface area contributed by atoms with E-state index in [-0.39, 0.29) is 5.41 Å². The van der Waals surface area contributed by atoms with Gasteiger partial charge in [-0.25, -0.2) is 0 Å². The SMILES string of the molecule is Cc1c(C(C)(C)c2cccs2)csc1C(C)C. The predicted molar refractivity (Wildman–Crippen MR) is 79.6 cm³/mol. The summed E-state index contributed by atoms with van der Waals surface area (Å²) in [6, 6.07) is 4.39. The molecule has 0 saturated carbocycles. The van der Waals surface area contributed by atoms with Crippen molar-refractivity contribution in [3.63, 3.8) is 0 Å². The van der Waals surface area contributed by atoms with Crippen molar-refractivity contribution in [1.82, 2.24) is 0 Å². The van der Waals surface area contributed by atoms with Gasteiger partial charge in [-0.1, -0.05) is 33.8 Å². The Balaban J connectivity index is 2.47. The third-order valence-electron chi connectivity index (χ3n) is 3.41. The molecule has 0 saturated heterocycles. The number of hydrogen-bond acceptors (Lipinski definition) is 2. The molecule has 0 nitrogen and oxygen atoms in total. The molecule has 0 N–H and O–H groups in total. The van der Waals surface area contributed by atoms with Crippen LogP contribution in [0.15, 0.2) is 22.9 Å². The summed E-state index contributed by atoms with van der Waals surface area (Å²) in [5.74, 6) is 0.632. The second-order valence-electron chi connectivity index (χ2n) is 5.40. The van der Waals surface area contributed by atoms with Gasteiger partial charge in [0.15, 0.2) is 0 Å². The minimum atomic E-state index is 0.141. The third kappa shape index (κ3) is 2.21. The van der Waals surface area contributed by atoms with Crippen molar-refractivity contribution in [2.75, 3.05) is 0 Å². The van der Waals surface area contributed by atoms with Crippen LogP contribution in [0, 0.1) is 6.92 Å². The highest BCUT2D eigenvalue weighted by Gasteiger charge is 2.28. The van der Waals surface area contributed by atoms with Crippen LogP contribution in [-0.2, 0) is 5.41 Å². The predicted octanol–water partition coefficient (Wildman–Crippen LogP) is 5.57. The summed E-state index contributed by atoms with van der Waals surface area (Å²) >= 11 is 3.77. The second-order valence-corrected chi connectivity index (χ2v) is 7.25. The van der Waals surface area contributed by atoms with Crippen LogP contribution in [0.3, 0.4) is 0 Å². The topological polar surface area (TPSA) is 0 Å². The zero-order valence-corrected chi connectivity index (χ0v) is 12.8. The summed E-state index contributed by atoms with van der Waals surface area (Å²) in [6.07, 6.45) is 0. The van der Waals surface area contributed by atoms with E-state index in [1.54, 1.807) is 0 Å². The van der Waals surface area contributed by atoms with E-state index in [1.807, 2.05) is 22.7 Å². The van der Waals surface area contributed by atoms with Crippen molar-refractivity contribution in [2.45, 2.75) is 46.0 Å². The largest absolute Gasteiger partial charge is 0.148 e. The van der Waals surface area contributed by atoms with Gasteiger partial charge in [-0.15, -0.1) is 22.7 Å². The lowest BCUT2D eigenvalue weighted by Gasteiger charge is -2.24. The molecular formula is C15H20S2. The first-order valence-electron chi connectivity index (χ1n) is 6.07. The third-order valence-corrected chi connectivity index (χ3v) is 5.99. The Labute approximate surface area is 112 Å². The van der Waals surface area contributed by atoms with Gasteiger partial charge in [-0.05, 0) is 40.8 Å². The number of thiophene rings is 2. The standard InChI is InChI=1S/C15H20S2/c1-10(2)14-11(3)12(9-17-14)15(4,5)13-7-6-8-16-13/h6-10H,1-5H3. The number of rotatable bonds is 3. The molecule has 2 heterocycles. The van der Waals surface area contributed by atoms with Crippen LogP contribution in [0.25, 0.3) is 0 Å². The van der Waals surface area contributed by atoms with E-state index in [0.717, 1.165) is 0 Å². The molecule has 0 amide bonds. The summed E-state index contributed by atoms with van der Waals surface area (Å²) in [5.41, 5.74) is 3.12. The highest BCUT2D eigenvalue weighted by molar-refractivity contribution is 7.11. The Morgan fingerprint density at radius 1 is 1.18 bits per heavy atom. The first-order chi connectivity index (χ1) is 7.94. The minimum Gasteiger partial charge on any atom is -0.148 e. The fourth-order valence-electron chi connectivity index (χ4n) is 2.38. The quantitative estimate of drug-likeness (QED) is 0.680. The first kappa shape index (κ1) is 12.8. The normalized spacial score (nSPS) is 12.4. The molecule has 2 aromatic heterocycles. The van der Waals surface area contributed by atoms with Gasteiger partial charge in [0.1, 0.15) is 0 Å². The first-order valence-corrected chi connectivity index (χ1v) is 7.83. The fourth-order valence-corrected chi connectivity index (χ4v) is 4.52. The van der Waals surface area contributed by atoms with Gasteiger partial charge in [0.25, 0.3) is 0 Å². The molecule has 0 fully saturated rings. The summed E-state index contributed by atoms with van der Waals surface area (Å²) in [5, 5.41) is 4.52. The summed E-state index contributed by atoms with van der Waals surface area (Å²) in [7, 11) is 0. The molecule has 17 heavy (non-hydrogen) atoms. The zero-order valence-electron chi connectivity index (χ0n) is 11.2. The Morgan fingerprint density at radius 2 is 1.88 bits per heavy atom. The molecule has 2 heteroatoms. The molecule has 0 aliphatic heterocycles. The lowest BCUT2D eigenvalue weighted by molar-refractivity contribution is 0.652. The van der Waals surface area contributed by atoms with Gasteiger partial charge in [0.2, 0.25) is 0 Å². The lowest BCUT2D eigenvalue weighted by Crippen LogP contribution is -2.17. The van der Waals surface area contributed by atoms with Crippen molar-refractivity contribution >= 4 is 22.7 Å². The average Bonchev–Trinajstić information content (AvgIpc) is 2.84. The summed E-state index contributed by atoms with van der Waals surface area (Å²) in [6.45, 7) is 11.5. The van der Waals surface area contributed by atoms with E-state index in [2.05, 4.69) is 57.5 Å². The maximum Gasteiger partial charge on any atom is 0.0251 e. The van der Waals surface area contributed by atoms with E-state index in [4.69, 9.17) is 0 Å². The Hall–Kier alpha value is -0.600. The highest BCUT2D eigenvalue weighted by Crippen LogP contribution is 2.41. The van der Waals surface area contributed by atoms with Crippen molar-refractivity contribution in [1.29, 1.82) is 0 Å².